The van der Waals surface area contributed by atoms with Gasteiger partial charge in [-0.1, -0.05) is 185 Å². The molecule has 0 N–H and O–H groups in total. The molecule has 2 atom stereocenters. The maximum absolute atomic E-state index is 12.8. The Kier molecular flexibility index (Phi) is 44.2. The summed E-state index contributed by atoms with van der Waals surface area (Å²) in [5.74, 6) is -2.29. The smallest absolute Gasteiger partial charge is 0.306 e. The van der Waals surface area contributed by atoms with Gasteiger partial charge in [0.15, 0.2) is 12.4 Å². The standard InChI is InChI=1S/C54H99NO8/c1-6-8-10-12-14-16-18-20-22-24-25-26-27-29-30-32-34-36-38-40-42-44-51(56)61-48-50(49-62-54(53(58)59)60-47-46-55(3,4)5)63-52(57)45-43-41-39-37-35-33-31-28-23-21-19-17-15-13-11-9-7-2/h15,17,21,23-25,50,54H,6-14,16,18-20,22,26-49H2,1-5H3/b17-15-,23-21-,25-24-. The number of carboxylic acids is 1. The number of allylic oxidation sites excluding steroid dienone is 6. The van der Waals surface area contributed by atoms with Crippen molar-refractivity contribution in [2.75, 3.05) is 47.5 Å². The molecule has 0 radical (unpaired) electrons. The van der Waals surface area contributed by atoms with Crippen molar-refractivity contribution in [1.29, 1.82) is 0 Å². The molecule has 0 saturated carbocycles. The van der Waals surface area contributed by atoms with E-state index in [9.17, 15) is 19.5 Å². The van der Waals surface area contributed by atoms with Crippen LogP contribution in [-0.4, -0.2) is 82.3 Å². The fourth-order valence-electron chi connectivity index (χ4n) is 7.27. The number of carbonyl (C=O) groups is 3. The second kappa shape index (κ2) is 46.1. The fourth-order valence-corrected chi connectivity index (χ4v) is 7.27. The number of carboxylic acid groups (broad SMARTS) is 1. The lowest BCUT2D eigenvalue weighted by Crippen LogP contribution is -2.44. The number of hydrogen-bond acceptors (Lipinski definition) is 8. The Balaban J connectivity index is 4.32. The molecule has 0 aromatic rings. The predicted octanol–water partition coefficient (Wildman–Crippen LogP) is 13.2. The lowest BCUT2D eigenvalue weighted by molar-refractivity contribution is -0.870. The quantitative estimate of drug-likeness (QED) is 0.0195. The highest BCUT2D eigenvalue weighted by Crippen LogP contribution is 2.15. The third-order valence-electron chi connectivity index (χ3n) is 11.4. The number of nitrogens with zero attached hydrogens (tertiary/aromatic N) is 1. The number of hydrogen-bond donors (Lipinski definition) is 0. The van der Waals surface area contributed by atoms with Crippen molar-refractivity contribution < 1.29 is 42.9 Å². The Bertz CT molecular complexity index is 1130. The van der Waals surface area contributed by atoms with Gasteiger partial charge in [0.1, 0.15) is 13.2 Å². The molecule has 0 aliphatic heterocycles. The number of aliphatic carboxylic acids is 1. The molecule has 0 amide bonds. The van der Waals surface area contributed by atoms with Gasteiger partial charge < -0.3 is 33.3 Å². The lowest BCUT2D eigenvalue weighted by Gasteiger charge is -2.26. The molecule has 9 nitrogen and oxygen atoms in total. The van der Waals surface area contributed by atoms with Crippen LogP contribution in [0, 0.1) is 0 Å². The van der Waals surface area contributed by atoms with E-state index in [1.54, 1.807) is 0 Å². The molecule has 0 aliphatic rings. The number of unbranched alkanes of at least 4 members (excludes halogenated alkanes) is 27. The normalized spacial score (nSPS) is 13.1. The first kappa shape index (κ1) is 60.5. The summed E-state index contributed by atoms with van der Waals surface area (Å²) in [5.41, 5.74) is 0. The molecule has 368 valence electrons. The molecular weight excluding hydrogens is 791 g/mol. The van der Waals surface area contributed by atoms with E-state index in [2.05, 4.69) is 50.3 Å². The van der Waals surface area contributed by atoms with Crippen LogP contribution < -0.4 is 5.11 Å². The van der Waals surface area contributed by atoms with Gasteiger partial charge in [-0.2, -0.15) is 0 Å². The minimum Gasteiger partial charge on any atom is -0.545 e. The van der Waals surface area contributed by atoms with Crippen LogP contribution in [0.4, 0.5) is 0 Å². The molecular formula is C54H99NO8. The van der Waals surface area contributed by atoms with Crippen LogP contribution >= 0.6 is 0 Å². The summed E-state index contributed by atoms with van der Waals surface area (Å²) >= 11 is 0. The molecule has 0 spiro atoms. The van der Waals surface area contributed by atoms with Crippen molar-refractivity contribution in [3.05, 3.63) is 36.5 Å². The Morgan fingerprint density at radius 3 is 1.30 bits per heavy atom. The van der Waals surface area contributed by atoms with E-state index in [0.717, 1.165) is 51.4 Å². The Hall–Kier alpha value is -2.49. The first-order chi connectivity index (χ1) is 30.6. The summed E-state index contributed by atoms with van der Waals surface area (Å²) in [6, 6.07) is 0. The molecule has 0 heterocycles. The Labute approximate surface area is 388 Å². The molecule has 9 heteroatoms. The van der Waals surface area contributed by atoms with Crippen molar-refractivity contribution >= 4 is 17.9 Å². The molecule has 0 saturated heterocycles. The van der Waals surface area contributed by atoms with Crippen LogP contribution in [0.1, 0.15) is 232 Å². The van der Waals surface area contributed by atoms with Gasteiger partial charge in [0.05, 0.1) is 40.3 Å². The molecule has 0 fully saturated rings. The van der Waals surface area contributed by atoms with Crippen LogP contribution in [-0.2, 0) is 33.3 Å². The van der Waals surface area contributed by atoms with E-state index in [1.807, 2.05) is 21.1 Å². The fraction of sp³-hybridized carbons (Fsp3) is 0.833. The van der Waals surface area contributed by atoms with Crippen LogP contribution in [0.3, 0.4) is 0 Å². The molecule has 63 heavy (non-hydrogen) atoms. The average Bonchev–Trinajstić information content (AvgIpc) is 3.24. The number of likely N-dealkylation sites (N-methyl/N-ethyl adjacent to an activating group) is 1. The number of rotatable bonds is 48. The zero-order chi connectivity index (χ0) is 46.3. The summed E-state index contributed by atoms with van der Waals surface area (Å²) in [5, 5.41) is 11.7. The van der Waals surface area contributed by atoms with Gasteiger partial charge in [0.2, 0.25) is 0 Å². The van der Waals surface area contributed by atoms with E-state index >= 15 is 0 Å². The van der Waals surface area contributed by atoms with Crippen LogP contribution in [0.5, 0.6) is 0 Å². The van der Waals surface area contributed by atoms with Crippen molar-refractivity contribution in [3.8, 4) is 0 Å². The molecule has 0 aromatic carbocycles. The van der Waals surface area contributed by atoms with Crippen molar-refractivity contribution in [1.82, 2.24) is 0 Å². The first-order valence-electron chi connectivity index (χ1n) is 26.1. The summed E-state index contributed by atoms with van der Waals surface area (Å²) in [6.07, 6.45) is 50.3. The molecule has 0 aliphatic carbocycles. The van der Waals surface area contributed by atoms with Gasteiger partial charge in [0, 0.05) is 12.8 Å². The monoisotopic (exact) mass is 890 g/mol. The third kappa shape index (κ3) is 47.3. The van der Waals surface area contributed by atoms with Gasteiger partial charge in [0.25, 0.3) is 0 Å². The summed E-state index contributed by atoms with van der Waals surface area (Å²) in [7, 11) is 5.91. The average molecular weight is 890 g/mol. The van der Waals surface area contributed by atoms with E-state index in [1.165, 1.54) is 148 Å². The van der Waals surface area contributed by atoms with Crippen LogP contribution in [0.2, 0.25) is 0 Å². The Morgan fingerprint density at radius 1 is 0.476 bits per heavy atom. The predicted molar refractivity (Wildman–Crippen MR) is 260 cm³/mol. The zero-order valence-corrected chi connectivity index (χ0v) is 41.7. The second-order valence-corrected chi connectivity index (χ2v) is 18.8. The van der Waals surface area contributed by atoms with Crippen LogP contribution in [0.25, 0.3) is 0 Å². The highest BCUT2D eigenvalue weighted by molar-refractivity contribution is 5.70. The van der Waals surface area contributed by atoms with Crippen LogP contribution in [0.15, 0.2) is 36.5 Å². The van der Waals surface area contributed by atoms with Crippen molar-refractivity contribution in [3.63, 3.8) is 0 Å². The summed E-state index contributed by atoms with van der Waals surface area (Å²) in [6.45, 7) is 4.73. The highest BCUT2D eigenvalue weighted by atomic mass is 16.7. The zero-order valence-electron chi connectivity index (χ0n) is 41.7. The summed E-state index contributed by atoms with van der Waals surface area (Å²) in [4.78, 5) is 37.1. The molecule has 0 rings (SSSR count). The molecule has 0 aromatic heterocycles. The van der Waals surface area contributed by atoms with E-state index < -0.39 is 24.3 Å². The molecule has 2 unspecified atom stereocenters. The number of esters is 2. The molecule has 0 bridgehead atoms. The number of quaternary nitrogens is 1. The minimum atomic E-state index is -1.62. The topological polar surface area (TPSA) is 111 Å². The van der Waals surface area contributed by atoms with Gasteiger partial charge in [-0.3, -0.25) is 9.59 Å². The maximum atomic E-state index is 12.8. The number of ether oxygens (including phenoxy) is 4. The first-order valence-corrected chi connectivity index (χ1v) is 26.1. The SMILES string of the molecule is CCCCC/C=C\C/C=C\CCCCCCCCCC(=O)OC(COC(=O)CCCCCCCCCCC/C=C\CCCCCCCCCC)COC(OCC[N+](C)(C)C)C(=O)[O-]. The highest BCUT2D eigenvalue weighted by Gasteiger charge is 2.22. The van der Waals surface area contributed by atoms with E-state index in [0.29, 0.717) is 17.4 Å². The Morgan fingerprint density at radius 2 is 0.857 bits per heavy atom. The van der Waals surface area contributed by atoms with Crippen molar-refractivity contribution in [2.24, 2.45) is 0 Å². The second-order valence-electron chi connectivity index (χ2n) is 18.8. The third-order valence-corrected chi connectivity index (χ3v) is 11.4. The van der Waals surface area contributed by atoms with E-state index in [4.69, 9.17) is 18.9 Å². The maximum Gasteiger partial charge on any atom is 0.306 e. The van der Waals surface area contributed by atoms with Gasteiger partial charge >= 0.3 is 11.9 Å². The van der Waals surface area contributed by atoms with E-state index in [-0.39, 0.29) is 38.6 Å². The minimum absolute atomic E-state index is 0.146. The summed E-state index contributed by atoms with van der Waals surface area (Å²) < 4.78 is 22.6. The lowest BCUT2D eigenvalue weighted by atomic mass is 10.1. The largest absolute Gasteiger partial charge is 0.545 e. The van der Waals surface area contributed by atoms with Gasteiger partial charge in [-0.25, -0.2) is 0 Å². The number of carbonyl (C=O) groups excluding carboxylic acids is 3. The van der Waals surface area contributed by atoms with Gasteiger partial charge in [-0.05, 0) is 70.6 Å². The van der Waals surface area contributed by atoms with Gasteiger partial charge in [-0.15, -0.1) is 0 Å². The van der Waals surface area contributed by atoms with Crippen molar-refractivity contribution in [2.45, 2.75) is 245 Å².